The lowest BCUT2D eigenvalue weighted by atomic mass is 9.95. The van der Waals surface area contributed by atoms with Crippen LogP contribution in [-0.4, -0.2) is 6.54 Å². The maximum absolute atomic E-state index is 13.5. The smallest absolute Gasteiger partial charge is 0.135 e. The van der Waals surface area contributed by atoms with Crippen LogP contribution >= 0.6 is 11.3 Å². The molecule has 0 radical (unpaired) electrons. The highest BCUT2D eigenvalue weighted by atomic mass is 32.1. The molecule has 20 heavy (non-hydrogen) atoms. The Morgan fingerprint density at radius 1 is 1.35 bits per heavy atom. The zero-order valence-electron chi connectivity index (χ0n) is 11.7. The van der Waals surface area contributed by atoms with Gasteiger partial charge in [0.1, 0.15) is 17.7 Å². The van der Waals surface area contributed by atoms with E-state index < -0.39 is 0 Å². The number of thiophene rings is 1. The molecule has 0 bridgehead atoms. The van der Waals surface area contributed by atoms with Crippen LogP contribution in [0.5, 0.6) is 5.75 Å². The molecule has 1 aliphatic heterocycles. The first-order valence-corrected chi connectivity index (χ1v) is 7.75. The van der Waals surface area contributed by atoms with Crippen LogP contribution in [0, 0.1) is 12.7 Å². The molecule has 0 amide bonds. The summed E-state index contributed by atoms with van der Waals surface area (Å²) >= 11 is 1.77. The molecule has 1 aromatic carbocycles. The van der Waals surface area contributed by atoms with E-state index in [4.69, 9.17) is 4.74 Å². The largest absolute Gasteiger partial charge is 0.484 e. The van der Waals surface area contributed by atoms with Crippen molar-refractivity contribution in [1.82, 2.24) is 5.32 Å². The molecule has 0 fully saturated rings. The minimum Gasteiger partial charge on any atom is -0.484 e. The first kappa shape index (κ1) is 13.6. The van der Waals surface area contributed by atoms with Gasteiger partial charge in [-0.1, -0.05) is 6.92 Å². The average Bonchev–Trinajstić information content (AvgIpc) is 2.86. The summed E-state index contributed by atoms with van der Waals surface area (Å²) in [5.41, 5.74) is 0.927. The van der Waals surface area contributed by atoms with E-state index in [-0.39, 0.29) is 18.0 Å². The molecule has 0 saturated heterocycles. The standard InChI is InChI=1S/C16H18FNOS/c1-3-18-13-9-15(16-7-4-10(2)20-16)19-14-6-5-11(17)8-12(13)14/h4-8,13,15,18H,3,9H2,1-2H3. The van der Waals surface area contributed by atoms with E-state index in [9.17, 15) is 4.39 Å². The molecule has 0 spiro atoms. The first-order valence-electron chi connectivity index (χ1n) is 6.93. The second kappa shape index (κ2) is 5.54. The van der Waals surface area contributed by atoms with E-state index >= 15 is 0 Å². The maximum atomic E-state index is 13.5. The van der Waals surface area contributed by atoms with Gasteiger partial charge in [-0.15, -0.1) is 11.3 Å². The number of nitrogens with one attached hydrogen (secondary N) is 1. The Balaban J connectivity index is 1.94. The zero-order chi connectivity index (χ0) is 14.1. The highest BCUT2D eigenvalue weighted by molar-refractivity contribution is 7.12. The van der Waals surface area contributed by atoms with Gasteiger partial charge in [0.2, 0.25) is 0 Å². The van der Waals surface area contributed by atoms with Crippen LogP contribution in [0.4, 0.5) is 4.39 Å². The molecule has 2 nitrogen and oxygen atoms in total. The highest BCUT2D eigenvalue weighted by Crippen LogP contribution is 2.42. The predicted molar refractivity (Wildman–Crippen MR) is 79.9 cm³/mol. The lowest BCUT2D eigenvalue weighted by Gasteiger charge is -2.32. The van der Waals surface area contributed by atoms with E-state index in [1.807, 2.05) is 0 Å². The van der Waals surface area contributed by atoms with Crippen molar-refractivity contribution in [1.29, 1.82) is 0 Å². The van der Waals surface area contributed by atoms with Gasteiger partial charge in [0.25, 0.3) is 0 Å². The topological polar surface area (TPSA) is 21.3 Å². The maximum Gasteiger partial charge on any atom is 0.135 e. The average molecular weight is 291 g/mol. The highest BCUT2D eigenvalue weighted by Gasteiger charge is 2.29. The van der Waals surface area contributed by atoms with Crippen LogP contribution in [0.25, 0.3) is 0 Å². The number of halogens is 1. The normalized spacial score (nSPS) is 21.4. The van der Waals surface area contributed by atoms with Crippen molar-refractivity contribution in [3.05, 3.63) is 51.5 Å². The summed E-state index contributed by atoms with van der Waals surface area (Å²) in [5, 5.41) is 3.43. The fourth-order valence-corrected chi connectivity index (χ4v) is 3.60. The Bertz CT molecular complexity index is 610. The predicted octanol–water partition coefficient (Wildman–Crippen LogP) is 4.37. The van der Waals surface area contributed by atoms with Crippen molar-refractivity contribution < 1.29 is 9.13 Å². The summed E-state index contributed by atoms with van der Waals surface area (Å²) in [6.07, 6.45) is 0.889. The summed E-state index contributed by atoms with van der Waals surface area (Å²) in [7, 11) is 0. The first-order chi connectivity index (χ1) is 9.67. The van der Waals surface area contributed by atoms with Crippen molar-refractivity contribution in [2.75, 3.05) is 6.54 Å². The molecule has 4 heteroatoms. The van der Waals surface area contributed by atoms with Crippen LogP contribution in [0.1, 0.15) is 40.8 Å². The van der Waals surface area contributed by atoms with E-state index in [0.29, 0.717) is 0 Å². The van der Waals surface area contributed by atoms with Gasteiger partial charge >= 0.3 is 0 Å². The van der Waals surface area contributed by atoms with Crippen LogP contribution in [0.3, 0.4) is 0 Å². The van der Waals surface area contributed by atoms with Gasteiger partial charge in [-0.2, -0.15) is 0 Å². The third-order valence-electron chi connectivity index (χ3n) is 3.60. The van der Waals surface area contributed by atoms with Crippen molar-refractivity contribution in [2.24, 2.45) is 0 Å². The minimum absolute atomic E-state index is 0.0516. The minimum atomic E-state index is -0.208. The third-order valence-corrected chi connectivity index (χ3v) is 4.69. The van der Waals surface area contributed by atoms with Gasteiger partial charge in [0.05, 0.1) is 0 Å². The number of ether oxygens (including phenoxy) is 1. The second-order valence-electron chi connectivity index (χ2n) is 5.08. The lowest BCUT2D eigenvalue weighted by Crippen LogP contribution is -2.28. The Labute approximate surface area is 122 Å². The number of hydrogen-bond donors (Lipinski definition) is 1. The van der Waals surface area contributed by atoms with Crippen molar-refractivity contribution >= 4 is 11.3 Å². The zero-order valence-corrected chi connectivity index (χ0v) is 12.5. The van der Waals surface area contributed by atoms with Crippen molar-refractivity contribution in [3.8, 4) is 5.75 Å². The second-order valence-corrected chi connectivity index (χ2v) is 6.40. The third kappa shape index (κ3) is 2.58. The van der Waals surface area contributed by atoms with E-state index in [1.54, 1.807) is 23.5 Å². The van der Waals surface area contributed by atoms with Gasteiger partial charge in [0, 0.05) is 27.8 Å². The van der Waals surface area contributed by atoms with Gasteiger partial charge in [-0.05, 0) is 43.8 Å². The SMILES string of the molecule is CCNC1CC(c2ccc(C)s2)Oc2ccc(F)cc21. The Morgan fingerprint density at radius 2 is 2.20 bits per heavy atom. The molecular weight excluding hydrogens is 273 g/mol. The van der Waals surface area contributed by atoms with E-state index in [0.717, 1.165) is 24.3 Å². The molecule has 2 aromatic rings. The van der Waals surface area contributed by atoms with Crippen LogP contribution in [0.2, 0.25) is 0 Å². The molecule has 1 aliphatic rings. The van der Waals surface area contributed by atoms with Gasteiger partial charge < -0.3 is 10.1 Å². The van der Waals surface area contributed by atoms with Crippen molar-refractivity contribution in [2.45, 2.75) is 32.4 Å². The van der Waals surface area contributed by atoms with Crippen molar-refractivity contribution in [3.63, 3.8) is 0 Å². The molecule has 0 aliphatic carbocycles. The molecule has 2 atom stereocenters. The van der Waals surface area contributed by atoms with Gasteiger partial charge in [-0.25, -0.2) is 4.39 Å². The molecule has 106 valence electrons. The number of benzene rings is 1. The Morgan fingerprint density at radius 3 is 2.90 bits per heavy atom. The lowest BCUT2D eigenvalue weighted by molar-refractivity contribution is 0.155. The summed E-state index contributed by atoms with van der Waals surface area (Å²) in [6.45, 7) is 5.03. The van der Waals surface area contributed by atoms with Crippen LogP contribution < -0.4 is 10.1 Å². The van der Waals surface area contributed by atoms with Crippen LogP contribution in [0.15, 0.2) is 30.3 Å². The quantitative estimate of drug-likeness (QED) is 0.906. The molecular formula is C16H18FNOS. The number of rotatable bonds is 3. The van der Waals surface area contributed by atoms with E-state index in [1.165, 1.54) is 15.8 Å². The summed E-state index contributed by atoms with van der Waals surface area (Å²) in [6, 6.07) is 9.17. The number of hydrogen-bond acceptors (Lipinski definition) is 3. The summed E-state index contributed by atoms with van der Waals surface area (Å²) < 4.78 is 19.5. The summed E-state index contributed by atoms with van der Waals surface area (Å²) in [4.78, 5) is 2.52. The van der Waals surface area contributed by atoms with Crippen LogP contribution in [-0.2, 0) is 0 Å². The molecule has 1 aromatic heterocycles. The molecule has 2 heterocycles. The van der Waals surface area contributed by atoms with E-state index in [2.05, 4.69) is 31.3 Å². The fraction of sp³-hybridized carbons (Fsp3) is 0.375. The number of aryl methyl sites for hydroxylation is 1. The fourth-order valence-electron chi connectivity index (χ4n) is 2.68. The molecule has 0 saturated carbocycles. The monoisotopic (exact) mass is 291 g/mol. The number of fused-ring (bicyclic) bond motifs is 1. The molecule has 3 rings (SSSR count). The Kier molecular flexibility index (Phi) is 3.76. The summed E-state index contributed by atoms with van der Waals surface area (Å²) in [5.74, 6) is 0.584. The Hall–Kier alpha value is -1.39. The molecule has 1 N–H and O–H groups in total. The molecule has 2 unspecified atom stereocenters. The van der Waals surface area contributed by atoms with Gasteiger partial charge in [0.15, 0.2) is 0 Å². The van der Waals surface area contributed by atoms with Gasteiger partial charge in [-0.3, -0.25) is 0 Å².